The predicted octanol–water partition coefficient (Wildman–Crippen LogP) is 3.46. The van der Waals surface area contributed by atoms with Crippen molar-refractivity contribution in [1.82, 2.24) is 5.32 Å². The molecule has 0 saturated heterocycles. The summed E-state index contributed by atoms with van der Waals surface area (Å²) in [6, 6.07) is 24.3. The number of nitrogens with one attached hydrogen (secondary N) is 1. The molecule has 0 fully saturated rings. The Labute approximate surface area is 157 Å². The topological polar surface area (TPSA) is 63.2 Å². The Kier molecular flexibility index (Phi) is 5.90. The Morgan fingerprint density at radius 1 is 0.778 bits per heavy atom. The molecule has 0 aliphatic rings. The lowest BCUT2D eigenvalue weighted by molar-refractivity contribution is -0.109. The molecule has 1 atom stereocenters. The quantitative estimate of drug-likeness (QED) is 0.520. The zero-order valence-corrected chi connectivity index (χ0v) is 14.7. The minimum absolute atomic E-state index is 0.151. The van der Waals surface area contributed by atoms with Crippen molar-refractivity contribution in [3.8, 4) is 0 Å². The van der Waals surface area contributed by atoms with E-state index in [1.165, 1.54) is 0 Å². The Morgan fingerprint density at radius 3 is 2.04 bits per heavy atom. The largest absolute Gasteiger partial charge is 0.342 e. The lowest BCUT2D eigenvalue weighted by Crippen LogP contribution is -2.37. The highest BCUT2D eigenvalue weighted by Gasteiger charge is 2.16. The summed E-state index contributed by atoms with van der Waals surface area (Å²) in [5.41, 5.74) is 2.30. The fourth-order valence-corrected chi connectivity index (χ4v) is 2.81. The van der Waals surface area contributed by atoms with Gasteiger partial charge in [-0.05, 0) is 24.1 Å². The Balaban J connectivity index is 1.73. The Morgan fingerprint density at radius 2 is 1.37 bits per heavy atom. The van der Waals surface area contributed by atoms with Crippen molar-refractivity contribution >= 4 is 18.0 Å². The number of carbonyl (C=O) groups is 3. The standard InChI is InChI=1S/C23H19NO3/c25-16-21(14-17-8-3-1-4-9-17)24-23(27)20-13-7-12-19(15-20)22(26)18-10-5-2-6-11-18/h1-13,15-16,21H,14H2,(H,24,27)/t21-/m0/s1. The van der Waals surface area contributed by atoms with E-state index in [2.05, 4.69) is 5.32 Å². The van der Waals surface area contributed by atoms with Crippen LogP contribution in [0.3, 0.4) is 0 Å². The normalized spacial score (nSPS) is 11.4. The maximum atomic E-state index is 12.6. The summed E-state index contributed by atoms with van der Waals surface area (Å²) in [6.45, 7) is 0. The number of rotatable bonds is 7. The average molecular weight is 357 g/mol. The van der Waals surface area contributed by atoms with Crippen LogP contribution in [0, 0.1) is 0 Å². The molecule has 0 radical (unpaired) electrons. The summed E-state index contributed by atoms with van der Waals surface area (Å²) in [5.74, 6) is -0.535. The van der Waals surface area contributed by atoms with Gasteiger partial charge in [0, 0.05) is 16.7 Å². The van der Waals surface area contributed by atoms with Crippen LogP contribution in [-0.2, 0) is 11.2 Å². The van der Waals surface area contributed by atoms with Gasteiger partial charge in [0.1, 0.15) is 6.29 Å². The van der Waals surface area contributed by atoms with E-state index in [4.69, 9.17) is 0 Å². The van der Waals surface area contributed by atoms with Gasteiger partial charge < -0.3 is 10.1 Å². The number of amides is 1. The zero-order chi connectivity index (χ0) is 19.1. The van der Waals surface area contributed by atoms with Gasteiger partial charge in [-0.1, -0.05) is 72.8 Å². The molecule has 3 rings (SSSR count). The van der Waals surface area contributed by atoms with Gasteiger partial charge in [-0.3, -0.25) is 9.59 Å². The smallest absolute Gasteiger partial charge is 0.251 e. The van der Waals surface area contributed by atoms with E-state index in [1.54, 1.807) is 48.5 Å². The van der Waals surface area contributed by atoms with E-state index < -0.39 is 6.04 Å². The van der Waals surface area contributed by atoms with Gasteiger partial charge in [0.05, 0.1) is 6.04 Å². The third-order valence-corrected chi connectivity index (χ3v) is 4.20. The summed E-state index contributed by atoms with van der Waals surface area (Å²) in [4.78, 5) is 36.5. The molecule has 0 bridgehead atoms. The van der Waals surface area contributed by atoms with Crippen molar-refractivity contribution in [3.05, 3.63) is 107 Å². The number of hydrogen-bond acceptors (Lipinski definition) is 3. The second-order valence-corrected chi connectivity index (χ2v) is 6.18. The molecule has 4 nitrogen and oxygen atoms in total. The third-order valence-electron chi connectivity index (χ3n) is 4.20. The molecule has 0 unspecified atom stereocenters. The second kappa shape index (κ2) is 8.72. The second-order valence-electron chi connectivity index (χ2n) is 6.18. The summed E-state index contributed by atoms with van der Waals surface area (Å²) in [5, 5.41) is 2.72. The maximum Gasteiger partial charge on any atom is 0.251 e. The molecule has 0 aliphatic heterocycles. The van der Waals surface area contributed by atoms with Crippen molar-refractivity contribution in [2.24, 2.45) is 0 Å². The molecule has 0 aliphatic carbocycles. The molecule has 0 aromatic heterocycles. The number of carbonyl (C=O) groups excluding carboxylic acids is 3. The lowest BCUT2D eigenvalue weighted by atomic mass is 10.0. The fourth-order valence-electron chi connectivity index (χ4n) is 2.81. The van der Waals surface area contributed by atoms with Gasteiger partial charge in [-0.2, -0.15) is 0 Å². The van der Waals surface area contributed by atoms with E-state index >= 15 is 0 Å². The van der Waals surface area contributed by atoms with Crippen molar-refractivity contribution in [1.29, 1.82) is 0 Å². The van der Waals surface area contributed by atoms with E-state index in [-0.39, 0.29) is 11.7 Å². The first kappa shape index (κ1) is 18.3. The van der Waals surface area contributed by atoms with Gasteiger partial charge in [0.2, 0.25) is 0 Å². The summed E-state index contributed by atoms with van der Waals surface area (Å²) >= 11 is 0. The monoisotopic (exact) mass is 357 g/mol. The van der Waals surface area contributed by atoms with Gasteiger partial charge in [0.25, 0.3) is 5.91 Å². The van der Waals surface area contributed by atoms with Crippen LogP contribution in [0.25, 0.3) is 0 Å². The Bertz CT molecular complexity index is 936. The van der Waals surface area contributed by atoms with Gasteiger partial charge >= 0.3 is 0 Å². The van der Waals surface area contributed by atoms with Crippen LogP contribution in [0.4, 0.5) is 0 Å². The molecule has 1 N–H and O–H groups in total. The van der Waals surface area contributed by atoms with E-state index in [1.807, 2.05) is 36.4 Å². The molecular formula is C23H19NO3. The minimum Gasteiger partial charge on any atom is -0.342 e. The van der Waals surface area contributed by atoms with Gasteiger partial charge in [-0.25, -0.2) is 0 Å². The van der Waals surface area contributed by atoms with Crippen LogP contribution in [-0.4, -0.2) is 24.0 Å². The molecular weight excluding hydrogens is 338 g/mol. The van der Waals surface area contributed by atoms with E-state index in [0.717, 1.165) is 11.8 Å². The van der Waals surface area contributed by atoms with Crippen molar-refractivity contribution in [2.45, 2.75) is 12.5 Å². The first-order valence-corrected chi connectivity index (χ1v) is 8.67. The first-order chi connectivity index (χ1) is 13.2. The summed E-state index contributed by atoms with van der Waals surface area (Å²) in [6.07, 6.45) is 1.14. The van der Waals surface area contributed by atoms with Gasteiger partial charge in [-0.15, -0.1) is 0 Å². The number of ketones is 1. The highest BCUT2D eigenvalue weighted by molar-refractivity contribution is 6.10. The summed E-state index contributed by atoms with van der Waals surface area (Å²) in [7, 11) is 0. The first-order valence-electron chi connectivity index (χ1n) is 8.67. The Hall–Kier alpha value is -3.53. The zero-order valence-electron chi connectivity index (χ0n) is 14.7. The number of hydrogen-bond donors (Lipinski definition) is 1. The molecule has 1 amide bonds. The van der Waals surface area contributed by atoms with E-state index in [0.29, 0.717) is 23.1 Å². The molecule has 3 aromatic rings. The molecule has 0 saturated carbocycles. The molecule has 27 heavy (non-hydrogen) atoms. The minimum atomic E-state index is -0.631. The molecule has 0 spiro atoms. The molecule has 134 valence electrons. The van der Waals surface area contributed by atoms with Crippen LogP contribution in [0.2, 0.25) is 0 Å². The van der Waals surface area contributed by atoms with Gasteiger partial charge in [0.15, 0.2) is 5.78 Å². The fraction of sp³-hybridized carbons (Fsp3) is 0.0870. The average Bonchev–Trinajstić information content (AvgIpc) is 2.74. The SMILES string of the molecule is O=C[C@H](Cc1ccccc1)NC(=O)c1cccc(C(=O)c2ccccc2)c1. The molecule has 0 heterocycles. The van der Waals surface area contributed by atoms with E-state index in [9.17, 15) is 14.4 Å². The van der Waals surface area contributed by atoms with Crippen LogP contribution in [0.1, 0.15) is 31.8 Å². The molecule has 4 heteroatoms. The van der Waals surface area contributed by atoms with Crippen LogP contribution in [0.15, 0.2) is 84.9 Å². The van der Waals surface area contributed by atoms with Crippen LogP contribution in [0.5, 0.6) is 0 Å². The highest BCUT2D eigenvalue weighted by Crippen LogP contribution is 2.12. The van der Waals surface area contributed by atoms with Crippen LogP contribution < -0.4 is 5.32 Å². The third kappa shape index (κ3) is 4.76. The summed E-state index contributed by atoms with van der Waals surface area (Å²) < 4.78 is 0. The van der Waals surface area contributed by atoms with Crippen molar-refractivity contribution in [3.63, 3.8) is 0 Å². The van der Waals surface area contributed by atoms with Crippen LogP contribution >= 0.6 is 0 Å². The van der Waals surface area contributed by atoms with Crippen molar-refractivity contribution < 1.29 is 14.4 Å². The lowest BCUT2D eigenvalue weighted by Gasteiger charge is -2.13. The number of benzene rings is 3. The van der Waals surface area contributed by atoms with Crippen molar-refractivity contribution in [2.75, 3.05) is 0 Å². The predicted molar refractivity (Wildman–Crippen MR) is 104 cm³/mol. The highest BCUT2D eigenvalue weighted by atomic mass is 16.2. The number of aldehydes is 1. The molecule has 3 aromatic carbocycles. The maximum absolute atomic E-state index is 12.6.